The molecule has 2 N–H and O–H groups in total. The van der Waals surface area contributed by atoms with Gasteiger partial charge in [-0.05, 0) is 24.6 Å². The molecule has 0 aliphatic heterocycles. The Morgan fingerprint density at radius 1 is 1.32 bits per heavy atom. The summed E-state index contributed by atoms with van der Waals surface area (Å²) in [5, 5.41) is 5.02. The van der Waals surface area contributed by atoms with Crippen molar-refractivity contribution in [3.8, 4) is 0 Å². The molecule has 106 valence electrons. The van der Waals surface area contributed by atoms with Crippen LogP contribution < -0.4 is 5.14 Å². The molecule has 0 fully saturated rings. The Kier molecular flexibility index (Phi) is 5.46. The second kappa shape index (κ2) is 6.65. The molecule has 19 heavy (non-hydrogen) atoms. The fraction of sp³-hybridized carbons (Fsp3) is 0.417. The third-order valence-electron chi connectivity index (χ3n) is 2.48. The summed E-state index contributed by atoms with van der Waals surface area (Å²) < 4.78 is 32.3. The van der Waals surface area contributed by atoms with E-state index in [1.165, 1.54) is 18.2 Å². The summed E-state index contributed by atoms with van der Waals surface area (Å²) in [6, 6.07) is 4.10. The van der Waals surface area contributed by atoms with Gasteiger partial charge in [0.05, 0.1) is 17.1 Å². The van der Waals surface area contributed by atoms with Crippen LogP contribution in [-0.2, 0) is 19.5 Å². The van der Waals surface area contributed by atoms with E-state index in [0.717, 1.165) is 0 Å². The van der Waals surface area contributed by atoms with Gasteiger partial charge in [0.2, 0.25) is 10.0 Å². The zero-order chi connectivity index (χ0) is 14.5. The molecule has 0 aliphatic carbocycles. The average Bonchev–Trinajstić information content (AvgIpc) is 2.33. The van der Waals surface area contributed by atoms with Crippen LogP contribution in [0.4, 0.5) is 0 Å². The lowest BCUT2D eigenvalue weighted by atomic mass is 10.1. The SMILES string of the molecule is COCCCOC(=O)c1cc(S(N)(=O)=O)ccc1C. The maximum atomic E-state index is 11.8. The molecule has 1 aromatic rings. The first kappa shape index (κ1) is 15.6. The standard InChI is InChI=1S/C12H17NO5S/c1-9-4-5-10(19(13,15)16)8-11(9)12(14)18-7-3-6-17-2/h4-5,8H,3,6-7H2,1-2H3,(H2,13,15,16). The fourth-order valence-corrected chi connectivity index (χ4v) is 1.98. The van der Waals surface area contributed by atoms with E-state index in [1.54, 1.807) is 14.0 Å². The second-order valence-corrected chi connectivity index (χ2v) is 5.57. The van der Waals surface area contributed by atoms with Crippen LogP contribution in [0.2, 0.25) is 0 Å². The summed E-state index contributed by atoms with van der Waals surface area (Å²) in [5.41, 5.74) is 0.827. The van der Waals surface area contributed by atoms with E-state index in [1.807, 2.05) is 0 Å². The number of sulfonamides is 1. The molecule has 0 saturated carbocycles. The number of carbonyl (C=O) groups is 1. The highest BCUT2D eigenvalue weighted by atomic mass is 32.2. The molecule has 6 nitrogen and oxygen atoms in total. The number of ether oxygens (including phenoxy) is 2. The third-order valence-corrected chi connectivity index (χ3v) is 3.39. The van der Waals surface area contributed by atoms with Gasteiger partial charge in [-0.3, -0.25) is 0 Å². The van der Waals surface area contributed by atoms with Crippen LogP contribution in [0.1, 0.15) is 22.3 Å². The van der Waals surface area contributed by atoms with Gasteiger partial charge in [0.1, 0.15) is 0 Å². The Balaban J connectivity index is 2.84. The highest BCUT2D eigenvalue weighted by molar-refractivity contribution is 7.89. The van der Waals surface area contributed by atoms with Crippen molar-refractivity contribution in [2.24, 2.45) is 5.14 Å². The molecular weight excluding hydrogens is 270 g/mol. The van der Waals surface area contributed by atoms with Crippen molar-refractivity contribution in [3.05, 3.63) is 29.3 Å². The molecule has 0 bridgehead atoms. The number of rotatable bonds is 6. The van der Waals surface area contributed by atoms with E-state index in [4.69, 9.17) is 14.6 Å². The van der Waals surface area contributed by atoms with Crippen LogP contribution in [0.25, 0.3) is 0 Å². The van der Waals surface area contributed by atoms with Crippen molar-refractivity contribution >= 4 is 16.0 Å². The summed E-state index contributed by atoms with van der Waals surface area (Å²) in [5.74, 6) is -0.570. The minimum Gasteiger partial charge on any atom is -0.462 e. The molecule has 0 spiro atoms. The van der Waals surface area contributed by atoms with Gasteiger partial charge in [-0.15, -0.1) is 0 Å². The summed E-state index contributed by atoms with van der Waals surface area (Å²) in [6.07, 6.45) is 0.580. The maximum Gasteiger partial charge on any atom is 0.338 e. The zero-order valence-corrected chi connectivity index (χ0v) is 11.7. The zero-order valence-electron chi connectivity index (χ0n) is 10.9. The van der Waals surface area contributed by atoms with Gasteiger partial charge in [-0.2, -0.15) is 0 Å². The van der Waals surface area contributed by atoms with Crippen molar-refractivity contribution in [2.75, 3.05) is 20.3 Å². The van der Waals surface area contributed by atoms with Crippen LogP contribution in [0.15, 0.2) is 23.1 Å². The maximum absolute atomic E-state index is 11.8. The first-order chi connectivity index (χ1) is 8.86. The van der Waals surface area contributed by atoms with Gasteiger partial charge in [-0.25, -0.2) is 18.4 Å². The van der Waals surface area contributed by atoms with Crippen LogP contribution in [0, 0.1) is 6.92 Å². The summed E-state index contributed by atoms with van der Waals surface area (Å²) >= 11 is 0. The first-order valence-corrected chi connectivity index (χ1v) is 7.20. The highest BCUT2D eigenvalue weighted by Gasteiger charge is 2.15. The van der Waals surface area contributed by atoms with Gasteiger partial charge in [-0.1, -0.05) is 6.07 Å². The molecule has 0 aromatic heterocycles. The smallest absolute Gasteiger partial charge is 0.338 e. The lowest BCUT2D eigenvalue weighted by Crippen LogP contribution is -2.15. The van der Waals surface area contributed by atoms with Gasteiger partial charge in [0.15, 0.2) is 0 Å². The number of carbonyl (C=O) groups excluding carboxylic acids is 1. The van der Waals surface area contributed by atoms with Gasteiger partial charge >= 0.3 is 5.97 Å². The van der Waals surface area contributed by atoms with Crippen molar-refractivity contribution in [1.29, 1.82) is 0 Å². The lowest BCUT2D eigenvalue weighted by Gasteiger charge is -2.08. The highest BCUT2D eigenvalue weighted by Crippen LogP contribution is 2.15. The Hall–Kier alpha value is -1.44. The van der Waals surface area contributed by atoms with Gasteiger partial charge in [0.25, 0.3) is 0 Å². The lowest BCUT2D eigenvalue weighted by molar-refractivity contribution is 0.0467. The number of benzene rings is 1. The molecule has 0 atom stereocenters. The molecule has 0 unspecified atom stereocenters. The predicted octanol–water partition coefficient (Wildman–Crippen LogP) is 0.836. The average molecular weight is 287 g/mol. The largest absolute Gasteiger partial charge is 0.462 e. The molecule has 1 rings (SSSR count). The van der Waals surface area contributed by atoms with Crippen molar-refractivity contribution in [1.82, 2.24) is 0 Å². The normalized spacial score (nSPS) is 11.3. The minimum absolute atomic E-state index is 0.109. The van der Waals surface area contributed by atoms with E-state index in [9.17, 15) is 13.2 Å². The van der Waals surface area contributed by atoms with Crippen LogP contribution >= 0.6 is 0 Å². The quantitative estimate of drug-likeness (QED) is 0.617. The Labute approximate surface area is 112 Å². The number of methoxy groups -OCH3 is 1. The van der Waals surface area contributed by atoms with E-state index in [-0.39, 0.29) is 17.1 Å². The van der Waals surface area contributed by atoms with Gasteiger partial charge < -0.3 is 9.47 Å². The molecule has 0 aliphatic rings. The Morgan fingerprint density at radius 2 is 2.00 bits per heavy atom. The summed E-state index contributed by atoms with van der Waals surface area (Å²) in [6.45, 7) is 2.40. The number of primary sulfonamides is 1. The molecule has 1 aromatic carbocycles. The Morgan fingerprint density at radius 3 is 2.58 bits per heavy atom. The van der Waals surface area contributed by atoms with E-state index < -0.39 is 16.0 Å². The van der Waals surface area contributed by atoms with E-state index >= 15 is 0 Å². The first-order valence-electron chi connectivity index (χ1n) is 5.66. The third kappa shape index (κ3) is 4.62. The van der Waals surface area contributed by atoms with Crippen molar-refractivity contribution in [2.45, 2.75) is 18.2 Å². The molecule has 0 heterocycles. The molecular formula is C12H17NO5S. The summed E-state index contributed by atoms with van der Waals surface area (Å²) in [4.78, 5) is 11.7. The predicted molar refractivity (Wildman–Crippen MR) is 69.3 cm³/mol. The fourth-order valence-electron chi connectivity index (χ4n) is 1.44. The summed E-state index contributed by atoms with van der Waals surface area (Å²) in [7, 11) is -2.28. The van der Waals surface area contributed by atoms with Crippen LogP contribution in [0.5, 0.6) is 0 Å². The van der Waals surface area contributed by atoms with Crippen molar-refractivity contribution in [3.63, 3.8) is 0 Å². The molecule has 7 heteroatoms. The number of hydrogen-bond donors (Lipinski definition) is 1. The molecule has 0 radical (unpaired) electrons. The minimum atomic E-state index is -3.83. The van der Waals surface area contributed by atoms with E-state index in [2.05, 4.69) is 0 Å². The monoisotopic (exact) mass is 287 g/mol. The number of aryl methyl sites for hydroxylation is 1. The van der Waals surface area contributed by atoms with Crippen LogP contribution in [0.3, 0.4) is 0 Å². The van der Waals surface area contributed by atoms with Gasteiger partial charge in [0, 0.05) is 20.1 Å². The van der Waals surface area contributed by atoms with Crippen LogP contribution in [-0.4, -0.2) is 34.7 Å². The Bertz CT molecular complexity index is 553. The van der Waals surface area contributed by atoms with E-state index in [0.29, 0.717) is 18.6 Å². The molecule has 0 saturated heterocycles. The topological polar surface area (TPSA) is 95.7 Å². The number of esters is 1. The van der Waals surface area contributed by atoms with Crippen molar-refractivity contribution < 1.29 is 22.7 Å². The second-order valence-electron chi connectivity index (χ2n) is 4.00. The molecule has 0 amide bonds. The number of hydrogen-bond acceptors (Lipinski definition) is 5. The number of nitrogens with two attached hydrogens (primary N) is 1.